The summed E-state index contributed by atoms with van der Waals surface area (Å²) >= 11 is 0. The number of hydrogen-bond donors (Lipinski definition) is 0. The molecule has 3 rings (SSSR count). The molecule has 3 nitrogen and oxygen atoms in total. The van der Waals surface area contributed by atoms with Crippen LogP contribution in [0.2, 0.25) is 0 Å². The van der Waals surface area contributed by atoms with Gasteiger partial charge in [0.2, 0.25) is 0 Å². The molecule has 0 amide bonds. The molecule has 2 heterocycles. The number of imidazole rings is 1. The molecule has 0 aliphatic rings. The van der Waals surface area contributed by atoms with Gasteiger partial charge < -0.3 is 0 Å². The lowest BCUT2D eigenvalue weighted by Crippen LogP contribution is -2.25. The predicted octanol–water partition coefficient (Wildman–Crippen LogP) is 1.31. The number of para-hydroxylation sites is 1. The molecule has 0 saturated carbocycles. The molecule has 0 N–H and O–H groups in total. The van der Waals surface area contributed by atoms with Crippen molar-refractivity contribution >= 4 is 16.6 Å². The van der Waals surface area contributed by atoms with E-state index in [-0.39, 0.29) is 0 Å². The number of aromatic nitrogens is 3. The van der Waals surface area contributed by atoms with Crippen molar-refractivity contribution in [3.8, 4) is 0 Å². The van der Waals surface area contributed by atoms with E-state index in [1.807, 2.05) is 48.4 Å². The zero-order valence-corrected chi connectivity index (χ0v) is 7.88. The van der Waals surface area contributed by atoms with E-state index in [1.54, 1.807) is 0 Å². The summed E-state index contributed by atoms with van der Waals surface area (Å²) in [5.74, 6) is 0. The maximum atomic E-state index is 4.37. The van der Waals surface area contributed by atoms with Crippen LogP contribution in [0.15, 0.2) is 43.0 Å². The second kappa shape index (κ2) is 2.54. The molecule has 0 spiro atoms. The van der Waals surface area contributed by atoms with E-state index >= 15 is 0 Å². The highest BCUT2D eigenvalue weighted by atomic mass is 15.1. The van der Waals surface area contributed by atoms with Gasteiger partial charge in [-0.15, -0.1) is 0 Å². The van der Waals surface area contributed by atoms with Gasteiger partial charge in [0.1, 0.15) is 12.4 Å². The van der Waals surface area contributed by atoms with E-state index in [9.17, 15) is 0 Å². The summed E-state index contributed by atoms with van der Waals surface area (Å²) in [4.78, 5) is 4.37. The van der Waals surface area contributed by atoms with Gasteiger partial charge in [-0.2, -0.15) is 4.40 Å². The number of benzene rings is 1. The number of nitrogens with zero attached hydrogens (tertiary/aromatic N) is 3. The lowest BCUT2D eigenvalue weighted by molar-refractivity contribution is -0.643. The van der Waals surface area contributed by atoms with Crippen LogP contribution < -0.4 is 4.57 Å². The van der Waals surface area contributed by atoms with Crippen LogP contribution >= 0.6 is 0 Å². The molecule has 2 aromatic heterocycles. The van der Waals surface area contributed by atoms with Crippen LogP contribution in [0.25, 0.3) is 16.6 Å². The molecule has 68 valence electrons. The number of fused-ring (bicyclic) bond motifs is 3. The molecule has 0 unspecified atom stereocenters. The van der Waals surface area contributed by atoms with E-state index in [0.29, 0.717) is 0 Å². The Balaban J connectivity index is 2.65. The van der Waals surface area contributed by atoms with Gasteiger partial charge in [0.15, 0.2) is 6.33 Å². The van der Waals surface area contributed by atoms with Gasteiger partial charge in [-0.1, -0.05) is 12.1 Å². The average molecular weight is 184 g/mol. The lowest BCUT2D eigenvalue weighted by atomic mass is 10.2. The van der Waals surface area contributed by atoms with Gasteiger partial charge in [0, 0.05) is 0 Å². The molecule has 0 saturated heterocycles. The Labute approximate surface area is 81.2 Å². The topological polar surface area (TPSA) is 21.2 Å². The molecule has 3 heteroatoms. The fourth-order valence-electron chi connectivity index (χ4n) is 1.82. The number of hydrogen-bond acceptors (Lipinski definition) is 1. The van der Waals surface area contributed by atoms with Crippen molar-refractivity contribution < 1.29 is 4.57 Å². The summed E-state index contributed by atoms with van der Waals surface area (Å²) < 4.78 is 4.13. The van der Waals surface area contributed by atoms with E-state index in [2.05, 4.69) is 15.6 Å². The van der Waals surface area contributed by atoms with Crippen molar-refractivity contribution in [3.05, 3.63) is 43.0 Å². The molecular formula is C11H10N3+. The number of rotatable bonds is 0. The number of aryl methyl sites for hydroxylation is 1. The molecule has 0 aliphatic heterocycles. The monoisotopic (exact) mass is 184 g/mol. The first-order valence-corrected chi connectivity index (χ1v) is 4.56. The minimum atomic E-state index is 1.04. The second-order valence-electron chi connectivity index (χ2n) is 3.40. The Morgan fingerprint density at radius 2 is 2.14 bits per heavy atom. The normalized spacial score (nSPS) is 11.2. The Hall–Kier alpha value is -1.90. The first kappa shape index (κ1) is 7.50. The van der Waals surface area contributed by atoms with Crippen LogP contribution in [0.1, 0.15) is 0 Å². The van der Waals surface area contributed by atoms with E-state index in [0.717, 1.165) is 5.52 Å². The third-order valence-corrected chi connectivity index (χ3v) is 2.50. The van der Waals surface area contributed by atoms with Gasteiger partial charge in [-0.05, 0) is 12.1 Å². The molecule has 0 atom stereocenters. The second-order valence-corrected chi connectivity index (χ2v) is 3.40. The van der Waals surface area contributed by atoms with Crippen LogP contribution in [-0.4, -0.2) is 9.38 Å². The van der Waals surface area contributed by atoms with E-state index in [1.165, 1.54) is 11.0 Å². The highest BCUT2D eigenvalue weighted by molar-refractivity contribution is 5.89. The van der Waals surface area contributed by atoms with Crippen LogP contribution in [0.4, 0.5) is 0 Å². The predicted molar refractivity (Wildman–Crippen MR) is 53.9 cm³/mol. The van der Waals surface area contributed by atoms with Crippen molar-refractivity contribution in [2.75, 3.05) is 0 Å². The summed E-state index contributed by atoms with van der Waals surface area (Å²) in [5.41, 5.74) is 2.21. The van der Waals surface area contributed by atoms with Crippen LogP contribution in [0.5, 0.6) is 0 Å². The van der Waals surface area contributed by atoms with Crippen LogP contribution in [0.3, 0.4) is 0 Å². The molecule has 14 heavy (non-hydrogen) atoms. The smallest absolute Gasteiger partial charge is 0.232 e. The highest BCUT2D eigenvalue weighted by Crippen LogP contribution is 2.13. The van der Waals surface area contributed by atoms with Crippen molar-refractivity contribution in [1.29, 1.82) is 0 Å². The van der Waals surface area contributed by atoms with Gasteiger partial charge in [0.25, 0.3) is 5.65 Å². The zero-order chi connectivity index (χ0) is 9.54. The Bertz CT molecular complexity index is 610. The van der Waals surface area contributed by atoms with Crippen molar-refractivity contribution in [2.45, 2.75) is 0 Å². The Kier molecular flexibility index (Phi) is 1.36. The first-order chi connectivity index (χ1) is 6.86. The fraction of sp³-hybridized carbons (Fsp3) is 0.0909. The summed E-state index contributed by atoms with van der Waals surface area (Å²) in [7, 11) is 2.04. The lowest BCUT2D eigenvalue weighted by Gasteiger charge is -1.95. The Morgan fingerprint density at radius 1 is 1.29 bits per heavy atom. The minimum Gasteiger partial charge on any atom is -0.232 e. The average Bonchev–Trinajstić information content (AvgIpc) is 2.61. The summed E-state index contributed by atoms with van der Waals surface area (Å²) in [6.07, 6.45) is 5.88. The van der Waals surface area contributed by atoms with Crippen LogP contribution in [-0.2, 0) is 7.05 Å². The van der Waals surface area contributed by atoms with E-state index < -0.39 is 0 Å². The van der Waals surface area contributed by atoms with Crippen LogP contribution in [0, 0.1) is 0 Å². The quantitative estimate of drug-likeness (QED) is 0.483. The molecule has 1 aromatic carbocycles. The molecule has 0 bridgehead atoms. The fourth-order valence-corrected chi connectivity index (χ4v) is 1.82. The molecule has 0 fully saturated rings. The summed E-state index contributed by atoms with van der Waals surface area (Å²) in [6, 6.07) is 8.17. The minimum absolute atomic E-state index is 1.04. The Morgan fingerprint density at radius 3 is 3.07 bits per heavy atom. The van der Waals surface area contributed by atoms with Crippen molar-refractivity contribution in [1.82, 2.24) is 9.38 Å². The van der Waals surface area contributed by atoms with Gasteiger partial charge >= 0.3 is 0 Å². The van der Waals surface area contributed by atoms with E-state index in [4.69, 9.17) is 0 Å². The summed E-state index contributed by atoms with van der Waals surface area (Å²) in [5, 5.41) is 1.18. The first-order valence-electron chi connectivity index (χ1n) is 4.56. The van der Waals surface area contributed by atoms with Gasteiger partial charge in [-0.3, -0.25) is 0 Å². The maximum absolute atomic E-state index is 4.37. The highest BCUT2D eigenvalue weighted by Gasteiger charge is 2.10. The third-order valence-electron chi connectivity index (χ3n) is 2.50. The van der Waals surface area contributed by atoms with Gasteiger partial charge in [-0.25, -0.2) is 9.55 Å². The largest absolute Gasteiger partial charge is 0.296 e. The summed E-state index contributed by atoms with van der Waals surface area (Å²) in [6.45, 7) is 0. The zero-order valence-electron chi connectivity index (χ0n) is 7.88. The molecule has 0 aliphatic carbocycles. The maximum Gasteiger partial charge on any atom is 0.296 e. The van der Waals surface area contributed by atoms with Crippen molar-refractivity contribution in [3.63, 3.8) is 0 Å². The standard InChI is InChI=1S/C11H10N3/c1-13-6-7-14-8-12-10-5-3-2-4-9(10)11(13)14/h2-8H,1H3/q+1. The third kappa shape index (κ3) is 0.865. The molecule has 0 radical (unpaired) electrons. The SMILES string of the molecule is C[n+]1ccn2cnc3ccccc3c21. The molecule has 3 aromatic rings. The van der Waals surface area contributed by atoms with Crippen molar-refractivity contribution in [2.24, 2.45) is 7.05 Å². The molecular weight excluding hydrogens is 174 g/mol. The van der Waals surface area contributed by atoms with Gasteiger partial charge in [0.05, 0.1) is 18.0 Å².